The average Bonchev–Trinajstić information content (AvgIpc) is 2.56. The van der Waals surface area contributed by atoms with Crippen LogP contribution in [0.3, 0.4) is 0 Å². The minimum atomic E-state index is -0.642. The van der Waals surface area contributed by atoms with E-state index < -0.39 is 12.1 Å². The Kier molecular flexibility index (Phi) is 8.88. The van der Waals surface area contributed by atoms with Crippen LogP contribution in [0.25, 0.3) is 6.08 Å². The highest BCUT2D eigenvalue weighted by molar-refractivity contribution is 6.19. The number of hydrogen-bond donors (Lipinski definition) is 2. The molecule has 25 heavy (non-hydrogen) atoms. The Morgan fingerprint density at radius 1 is 1.32 bits per heavy atom. The summed E-state index contributed by atoms with van der Waals surface area (Å²) in [6.45, 7) is 7.79. The second kappa shape index (κ2) is 10.6. The lowest BCUT2D eigenvalue weighted by atomic mass is 10.1. The van der Waals surface area contributed by atoms with Crippen molar-refractivity contribution >= 4 is 17.8 Å². The molecule has 0 amide bonds. The van der Waals surface area contributed by atoms with Crippen LogP contribution in [0, 0.1) is 0 Å². The third-order valence-electron chi connectivity index (χ3n) is 3.25. The van der Waals surface area contributed by atoms with Gasteiger partial charge in [-0.15, -0.1) is 0 Å². The first-order chi connectivity index (χ1) is 11.8. The van der Waals surface area contributed by atoms with Crippen molar-refractivity contribution in [2.75, 3.05) is 19.8 Å². The van der Waals surface area contributed by atoms with Crippen LogP contribution < -0.4 is 10.1 Å². The smallest absolute Gasteiger partial charge is 0.341 e. The van der Waals surface area contributed by atoms with Gasteiger partial charge in [0, 0.05) is 12.6 Å². The molecule has 0 aliphatic rings. The highest BCUT2D eigenvalue weighted by Crippen LogP contribution is 2.17. The van der Waals surface area contributed by atoms with E-state index in [4.69, 9.17) is 9.47 Å². The van der Waals surface area contributed by atoms with E-state index in [9.17, 15) is 14.7 Å². The average molecular weight is 349 g/mol. The van der Waals surface area contributed by atoms with Crippen molar-refractivity contribution < 1.29 is 24.2 Å². The fraction of sp³-hybridized carbons (Fsp3) is 0.474. The molecule has 0 aromatic heterocycles. The first-order valence-electron chi connectivity index (χ1n) is 8.37. The molecule has 0 heterocycles. The number of aliphatic hydroxyl groups excluding tert-OH is 1. The lowest BCUT2D eigenvalue weighted by Gasteiger charge is -2.15. The number of carbonyl (C=O) groups is 2. The maximum absolute atomic E-state index is 11.8. The standard InChI is InChI=1S/C19H27NO5/c1-5-24-19(23)18(14(4)21)10-15-7-6-8-17(9-15)25-12-16(22)11-20-13(2)3/h6-10,13,16,20,22H,5,11-12H2,1-4H3. The number of ether oxygens (including phenoxy) is 2. The second-order valence-corrected chi connectivity index (χ2v) is 5.93. The molecule has 1 aromatic rings. The molecule has 1 rings (SSSR count). The number of rotatable bonds is 10. The van der Waals surface area contributed by atoms with E-state index in [0.717, 1.165) is 0 Å². The summed E-state index contributed by atoms with van der Waals surface area (Å²) in [6, 6.07) is 7.24. The van der Waals surface area contributed by atoms with Gasteiger partial charge >= 0.3 is 5.97 Å². The minimum Gasteiger partial charge on any atom is -0.491 e. The monoisotopic (exact) mass is 349 g/mol. The molecule has 6 nitrogen and oxygen atoms in total. The predicted octanol–water partition coefficient (Wildman–Crippen LogP) is 1.96. The van der Waals surface area contributed by atoms with Crippen molar-refractivity contribution in [3.63, 3.8) is 0 Å². The summed E-state index contributed by atoms with van der Waals surface area (Å²) >= 11 is 0. The van der Waals surface area contributed by atoms with Gasteiger partial charge < -0.3 is 19.9 Å². The topological polar surface area (TPSA) is 84.9 Å². The van der Waals surface area contributed by atoms with Gasteiger partial charge in [-0.2, -0.15) is 0 Å². The fourth-order valence-corrected chi connectivity index (χ4v) is 2.00. The molecule has 0 radical (unpaired) electrons. The quantitative estimate of drug-likeness (QED) is 0.291. The Labute approximate surface area is 148 Å². The number of carbonyl (C=O) groups excluding carboxylic acids is 2. The first-order valence-corrected chi connectivity index (χ1v) is 8.37. The first kappa shape index (κ1) is 20.9. The fourth-order valence-electron chi connectivity index (χ4n) is 2.00. The molecule has 0 fully saturated rings. The predicted molar refractivity (Wildman–Crippen MR) is 96.4 cm³/mol. The van der Waals surface area contributed by atoms with Crippen molar-refractivity contribution in [2.24, 2.45) is 0 Å². The Hall–Kier alpha value is -2.18. The molecule has 0 spiro atoms. The van der Waals surface area contributed by atoms with Gasteiger partial charge in [-0.3, -0.25) is 4.79 Å². The molecular weight excluding hydrogens is 322 g/mol. The lowest BCUT2D eigenvalue weighted by molar-refractivity contribution is -0.139. The maximum Gasteiger partial charge on any atom is 0.341 e. The van der Waals surface area contributed by atoms with Crippen molar-refractivity contribution in [1.82, 2.24) is 5.32 Å². The van der Waals surface area contributed by atoms with Crippen LogP contribution >= 0.6 is 0 Å². The van der Waals surface area contributed by atoms with Gasteiger partial charge in [0.1, 0.15) is 24.0 Å². The summed E-state index contributed by atoms with van der Waals surface area (Å²) in [5, 5.41) is 13.0. The molecule has 0 bridgehead atoms. The summed E-state index contributed by atoms with van der Waals surface area (Å²) in [5.74, 6) is -0.458. The van der Waals surface area contributed by atoms with Crippen molar-refractivity contribution in [3.8, 4) is 5.75 Å². The highest BCUT2D eigenvalue weighted by Gasteiger charge is 2.15. The molecule has 1 atom stereocenters. The van der Waals surface area contributed by atoms with Crippen molar-refractivity contribution in [3.05, 3.63) is 35.4 Å². The van der Waals surface area contributed by atoms with E-state index in [1.165, 1.54) is 13.0 Å². The molecule has 6 heteroatoms. The number of nitrogens with one attached hydrogen (secondary N) is 1. The van der Waals surface area contributed by atoms with Crippen LogP contribution in [0.4, 0.5) is 0 Å². The lowest BCUT2D eigenvalue weighted by Crippen LogP contribution is -2.35. The van der Waals surface area contributed by atoms with Crippen LogP contribution in [-0.4, -0.2) is 48.8 Å². The Bertz CT molecular complexity index is 610. The van der Waals surface area contributed by atoms with E-state index in [1.54, 1.807) is 31.2 Å². The highest BCUT2D eigenvalue weighted by atomic mass is 16.5. The third kappa shape index (κ3) is 7.96. The molecule has 2 N–H and O–H groups in total. The van der Waals surface area contributed by atoms with Gasteiger partial charge in [0.15, 0.2) is 5.78 Å². The number of ketones is 1. The van der Waals surface area contributed by atoms with Gasteiger partial charge in [0.05, 0.1) is 6.61 Å². The summed E-state index contributed by atoms with van der Waals surface area (Å²) < 4.78 is 10.5. The Morgan fingerprint density at radius 3 is 2.64 bits per heavy atom. The van der Waals surface area contributed by atoms with Crippen molar-refractivity contribution in [2.45, 2.75) is 39.8 Å². The molecule has 0 saturated carbocycles. The minimum absolute atomic E-state index is 0.0137. The van der Waals surface area contributed by atoms with E-state index >= 15 is 0 Å². The molecule has 1 aromatic carbocycles. The SMILES string of the molecule is CCOC(=O)C(=Cc1cccc(OCC(O)CNC(C)C)c1)C(C)=O. The van der Waals surface area contributed by atoms with Crippen LogP contribution in [0.1, 0.15) is 33.3 Å². The molecule has 0 saturated heterocycles. The van der Waals surface area contributed by atoms with Gasteiger partial charge in [-0.1, -0.05) is 26.0 Å². The van der Waals surface area contributed by atoms with Gasteiger partial charge in [-0.05, 0) is 37.6 Å². The third-order valence-corrected chi connectivity index (χ3v) is 3.25. The van der Waals surface area contributed by atoms with E-state index in [-0.39, 0.29) is 30.6 Å². The van der Waals surface area contributed by atoms with Gasteiger partial charge in [0.25, 0.3) is 0 Å². The van der Waals surface area contributed by atoms with Crippen LogP contribution in [0.5, 0.6) is 5.75 Å². The van der Waals surface area contributed by atoms with Crippen LogP contribution in [-0.2, 0) is 14.3 Å². The summed E-state index contributed by atoms with van der Waals surface area (Å²) in [5.41, 5.74) is 0.630. The normalized spacial score (nSPS) is 12.8. The molecule has 0 aliphatic carbocycles. The Morgan fingerprint density at radius 2 is 2.04 bits per heavy atom. The van der Waals surface area contributed by atoms with Crippen molar-refractivity contribution in [1.29, 1.82) is 0 Å². The van der Waals surface area contributed by atoms with Crippen LogP contribution in [0.15, 0.2) is 29.8 Å². The van der Waals surface area contributed by atoms with E-state index in [1.807, 2.05) is 13.8 Å². The number of esters is 1. The maximum atomic E-state index is 11.8. The molecule has 138 valence electrons. The molecule has 1 unspecified atom stereocenters. The van der Waals surface area contributed by atoms with Gasteiger partial charge in [0.2, 0.25) is 0 Å². The molecular formula is C19H27NO5. The Balaban J connectivity index is 2.77. The zero-order chi connectivity index (χ0) is 18.8. The van der Waals surface area contributed by atoms with Crippen LogP contribution in [0.2, 0.25) is 0 Å². The van der Waals surface area contributed by atoms with E-state index in [2.05, 4.69) is 5.32 Å². The van der Waals surface area contributed by atoms with Gasteiger partial charge in [-0.25, -0.2) is 4.79 Å². The zero-order valence-corrected chi connectivity index (χ0v) is 15.2. The number of Topliss-reactive ketones (excluding diaryl/α,β-unsaturated/α-hetero) is 1. The number of benzene rings is 1. The van der Waals surface area contributed by atoms with E-state index in [0.29, 0.717) is 17.9 Å². The number of hydrogen-bond acceptors (Lipinski definition) is 6. The number of aliphatic hydroxyl groups is 1. The summed E-state index contributed by atoms with van der Waals surface area (Å²) in [4.78, 5) is 23.5. The largest absolute Gasteiger partial charge is 0.491 e. The summed E-state index contributed by atoms with van der Waals surface area (Å²) in [7, 11) is 0. The molecule has 0 aliphatic heterocycles. The zero-order valence-electron chi connectivity index (χ0n) is 15.2. The second-order valence-electron chi connectivity index (χ2n) is 5.93. The summed E-state index contributed by atoms with van der Waals surface area (Å²) in [6.07, 6.45) is 0.845.